The Labute approximate surface area is 108 Å². The number of hydrogen-bond acceptors (Lipinski definition) is 2. The van der Waals surface area contributed by atoms with Gasteiger partial charge in [-0.3, -0.25) is 4.79 Å². The van der Waals surface area contributed by atoms with Gasteiger partial charge in [0.2, 0.25) is 5.91 Å². The van der Waals surface area contributed by atoms with E-state index in [2.05, 4.69) is 19.2 Å². The van der Waals surface area contributed by atoms with E-state index in [4.69, 9.17) is 5.73 Å². The van der Waals surface area contributed by atoms with Crippen molar-refractivity contribution in [1.82, 2.24) is 0 Å². The summed E-state index contributed by atoms with van der Waals surface area (Å²) in [7, 11) is 0. The molecule has 0 bridgehead atoms. The van der Waals surface area contributed by atoms with Crippen molar-refractivity contribution in [3.05, 3.63) is 29.1 Å². The molecule has 0 aliphatic carbocycles. The lowest BCUT2D eigenvalue weighted by atomic mass is 10.1. The summed E-state index contributed by atoms with van der Waals surface area (Å²) in [6, 6.07) is 3.10. The number of nitrogens with one attached hydrogen (secondary N) is 1. The van der Waals surface area contributed by atoms with Crippen LogP contribution in [0.1, 0.15) is 49.0 Å². The molecule has 1 unspecified atom stereocenters. The average molecular weight is 252 g/mol. The molecule has 0 radical (unpaired) electrons. The zero-order chi connectivity index (χ0) is 13.7. The van der Waals surface area contributed by atoms with E-state index in [1.54, 1.807) is 13.0 Å². The van der Waals surface area contributed by atoms with E-state index in [-0.39, 0.29) is 11.6 Å². The van der Waals surface area contributed by atoms with Gasteiger partial charge in [-0.1, -0.05) is 20.3 Å². The van der Waals surface area contributed by atoms with Gasteiger partial charge in [-0.25, -0.2) is 4.39 Å². The lowest BCUT2D eigenvalue weighted by Crippen LogP contribution is -2.20. The Morgan fingerprint density at radius 2 is 2.11 bits per heavy atom. The zero-order valence-electron chi connectivity index (χ0n) is 11.2. The third kappa shape index (κ3) is 3.45. The first-order valence-corrected chi connectivity index (χ1v) is 6.36. The fraction of sp³-hybridized carbons (Fsp3) is 0.500. The predicted octanol–water partition coefficient (Wildman–Crippen LogP) is 3.22. The van der Waals surface area contributed by atoms with Crippen molar-refractivity contribution >= 4 is 11.6 Å². The molecule has 4 heteroatoms. The van der Waals surface area contributed by atoms with Crippen LogP contribution in [-0.2, 0) is 0 Å². The summed E-state index contributed by atoms with van der Waals surface area (Å²) in [5.74, 6) is -1.01. The zero-order valence-corrected chi connectivity index (χ0v) is 11.2. The summed E-state index contributed by atoms with van der Waals surface area (Å²) in [5.41, 5.74) is 6.57. The third-order valence-corrected chi connectivity index (χ3v) is 3.12. The quantitative estimate of drug-likeness (QED) is 0.816. The number of carbonyl (C=O) groups is 1. The molecule has 1 aromatic carbocycles. The van der Waals surface area contributed by atoms with Crippen LogP contribution in [0.5, 0.6) is 0 Å². The van der Waals surface area contributed by atoms with Gasteiger partial charge >= 0.3 is 0 Å². The van der Waals surface area contributed by atoms with Crippen LogP contribution in [0.2, 0.25) is 0 Å². The van der Waals surface area contributed by atoms with Gasteiger partial charge < -0.3 is 11.1 Å². The molecule has 18 heavy (non-hydrogen) atoms. The summed E-state index contributed by atoms with van der Waals surface area (Å²) in [6.45, 7) is 5.88. The highest BCUT2D eigenvalue weighted by atomic mass is 19.1. The summed E-state index contributed by atoms with van der Waals surface area (Å²) < 4.78 is 13.7. The van der Waals surface area contributed by atoms with Gasteiger partial charge in [-0.2, -0.15) is 0 Å². The summed E-state index contributed by atoms with van der Waals surface area (Å²) in [4.78, 5) is 11.1. The first-order valence-electron chi connectivity index (χ1n) is 6.36. The molecule has 0 fully saturated rings. The van der Waals surface area contributed by atoms with Crippen molar-refractivity contribution in [2.24, 2.45) is 5.73 Å². The topological polar surface area (TPSA) is 55.1 Å². The number of halogens is 1. The molecule has 0 aliphatic heterocycles. The lowest BCUT2D eigenvalue weighted by molar-refractivity contribution is 0.1000. The highest BCUT2D eigenvalue weighted by Crippen LogP contribution is 2.22. The maximum Gasteiger partial charge on any atom is 0.248 e. The van der Waals surface area contributed by atoms with Gasteiger partial charge in [-0.05, 0) is 31.9 Å². The van der Waals surface area contributed by atoms with Gasteiger partial charge in [0, 0.05) is 22.9 Å². The number of carbonyl (C=O) groups excluding carboxylic acids is 1. The maximum absolute atomic E-state index is 13.7. The Morgan fingerprint density at radius 3 is 2.61 bits per heavy atom. The first kappa shape index (κ1) is 14.5. The molecule has 1 amide bonds. The molecule has 0 saturated heterocycles. The monoisotopic (exact) mass is 252 g/mol. The van der Waals surface area contributed by atoms with Gasteiger partial charge in [0.05, 0.1) is 0 Å². The SMILES string of the molecule is CCCC(CC)Nc1cc(C(N)=O)cc(F)c1C. The molecule has 0 heterocycles. The van der Waals surface area contributed by atoms with E-state index < -0.39 is 11.7 Å². The minimum atomic E-state index is -0.611. The van der Waals surface area contributed by atoms with Crippen molar-refractivity contribution in [1.29, 1.82) is 0 Å². The van der Waals surface area contributed by atoms with Gasteiger partial charge in [0.25, 0.3) is 0 Å². The molecule has 0 spiro atoms. The van der Waals surface area contributed by atoms with Crippen LogP contribution in [0.15, 0.2) is 12.1 Å². The third-order valence-electron chi connectivity index (χ3n) is 3.12. The molecule has 3 nitrogen and oxygen atoms in total. The Morgan fingerprint density at radius 1 is 1.44 bits per heavy atom. The van der Waals surface area contributed by atoms with Crippen LogP contribution in [-0.4, -0.2) is 11.9 Å². The predicted molar refractivity (Wildman–Crippen MR) is 72.3 cm³/mol. The van der Waals surface area contributed by atoms with E-state index >= 15 is 0 Å². The Hall–Kier alpha value is -1.58. The maximum atomic E-state index is 13.7. The van der Waals surface area contributed by atoms with Crippen LogP contribution in [0.3, 0.4) is 0 Å². The van der Waals surface area contributed by atoms with E-state index in [9.17, 15) is 9.18 Å². The second kappa shape index (κ2) is 6.38. The molecule has 0 aliphatic rings. The van der Waals surface area contributed by atoms with Gasteiger partial charge in [-0.15, -0.1) is 0 Å². The number of hydrogen-bond donors (Lipinski definition) is 2. The Balaban J connectivity index is 3.03. The molecule has 1 rings (SSSR count). The normalized spacial score (nSPS) is 12.2. The minimum absolute atomic E-state index is 0.201. The second-order valence-electron chi connectivity index (χ2n) is 4.53. The van der Waals surface area contributed by atoms with Crippen molar-refractivity contribution in [3.8, 4) is 0 Å². The molecule has 1 aromatic rings. The van der Waals surface area contributed by atoms with E-state index in [0.717, 1.165) is 19.3 Å². The molecule has 3 N–H and O–H groups in total. The molecular weight excluding hydrogens is 231 g/mol. The highest BCUT2D eigenvalue weighted by molar-refractivity contribution is 5.94. The summed E-state index contributed by atoms with van der Waals surface area (Å²) in [5, 5.41) is 3.29. The number of anilines is 1. The fourth-order valence-electron chi connectivity index (χ4n) is 1.92. The number of benzene rings is 1. The van der Waals surface area contributed by atoms with Crippen molar-refractivity contribution in [2.45, 2.75) is 46.1 Å². The second-order valence-corrected chi connectivity index (χ2v) is 4.53. The Kier molecular flexibility index (Phi) is 5.13. The largest absolute Gasteiger partial charge is 0.382 e. The van der Waals surface area contributed by atoms with E-state index in [1.807, 2.05) is 0 Å². The standard InChI is InChI=1S/C14H21FN2O/c1-4-6-11(5-2)17-13-8-10(14(16)18)7-12(15)9(13)3/h7-8,11,17H,4-6H2,1-3H3,(H2,16,18). The van der Waals surface area contributed by atoms with Gasteiger partial charge in [0.1, 0.15) is 5.82 Å². The lowest BCUT2D eigenvalue weighted by Gasteiger charge is -2.20. The average Bonchev–Trinajstić information content (AvgIpc) is 2.33. The highest BCUT2D eigenvalue weighted by Gasteiger charge is 2.13. The molecule has 100 valence electrons. The van der Waals surface area contributed by atoms with Gasteiger partial charge in [0.15, 0.2) is 0 Å². The number of nitrogens with two attached hydrogens (primary N) is 1. The molecule has 1 atom stereocenters. The number of amides is 1. The van der Waals surface area contributed by atoms with Crippen molar-refractivity contribution in [3.63, 3.8) is 0 Å². The van der Waals surface area contributed by atoms with E-state index in [0.29, 0.717) is 11.3 Å². The number of primary amides is 1. The van der Waals surface area contributed by atoms with Crippen LogP contribution < -0.4 is 11.1 Å². The summed E-state index contributed by atoms with van der Waals surface area (Å²) in [6.07, 6.45) is 3.02. The minimum Gasteiger partial charge on any atom is -0.382 e. The molecule has 0 aromatic heterocycles. The van der Waals surface area contributed by atoms with Crippen molar-refractivity contribution in [2.75, 3.05) is 5.32 Å². The van der Waals surface area contributed by atoms with Crippen LogP contribution in [0, 0.1) is 12.7 Å². The number of rotatable bonds is 6. The molecule has 0 saturated carbocycles. The summed E-state index contributed by atoms with van der Waals surface area (Å²) >= 11 is 0. The van der Waals surface area contributed by atoms with Crippen molar-refractivity contribution < 1.29 is 9.18 Å². The first-order chi connectivity index (χ1) is 8.49. The van der Waals surface area contributed by atoms with Crippen LogP contribution >= 0.6 is 0 Å². The van der Waals surface area contributed by atoms with E-state index in [1.165, 1.54) is 6.07 Å². The van der Waals surface area contributed by atoms with Crippen LogP contribution in [0.25, 0.3) is 0 Å². The molecular formula is C14H21FN2O. The van der Waals surface area contributed by atoms with Crippen LogP contribution in [0.4, 0.5) is 10.1 Å². The Bertz CT molecular complexity index is 432. The fourth-order valence-corrected chi connectivity index (χ4v) is 1.92. The smallest absolute Gasteiger partial charge is 0.248 e.